The van der Waals surface area contributed by atoms with Gasteiger partial charge in [-0.05, 0) is 18.1 Å². The Morgan fingerprint density at radius 3 is 2.19 bits per heavy atom. The molecule has 0 bridgehead atoms. The summed E-state index contributed by atoms with van der Waals surface area (Å²) in [5.41, 5.74) is 0.175. The Balaban J connectivity index is 2.64. The van der Waals surface area contributed by atoms with E-state index in [4.69, 9.17) is 4.74 Å². The van der Waals surface area contributed by atoms with Gasteiger partial charge in [-0.2, -0.15) is 0 Å². The minimum Gasteiger partial charge on any atom is -0.465 e. The Morgan fingerprint density at radius 1 is 1.10 bits per heavy atom. The molecule has 0 aromatic heterocycles. The zero-order valence-electron chi connectivity index (χ0n) is 12.3. The monoisotopic (exact) mass is 293 g/mol. The zero-order chi connectivity index (χ0) is 15.8. The third-order valence-electron chi connectivity index (χ3n) is 2.59. The van der Waals surface area contributed by atoms with Crippen LogP contribution in [0.3, 0.4) is 0 Å². The second-order valence-electron chi connectivity index (χ2n) is 4.81. The number of rotatable bonds is 6. The lowest BCUT2D eigenvalue weighted by atomic mass is 10.1. The second-order valence-corrected chi connectivity index (χ2v) is 4.81. The van der Waals surface area contributed by atoms with Crippen LogP contribution in [0.25, 0.3) is 0 Å². The lowest BCUT2D eigenvalue weighted by Crippen LogP contribution is -2.31. The molecule has 0 fully saturated rings. The number of hydrogen-bond donors (Lipinski definition) is 1. The van der Waals surface area contributed by atoms with Gasteiger partial charge in [-0.15, -0.1) is 0 Å². The van der Waals surface area contributed by atoms with Gasteiger partial charge in [0, 0.05) is 6.54 Å². The molecule has 6 heteroatoms. The molecule has 0 heterocycles. The van der Waals surface area contributed by atoms with Crippen molar-refractivity contribution in [3.63, 3.8) is 0 Å². The number of methoxy groups -OCH3 is 1. The van der Waals surface area contributed by atoms with Crippen molar-refractivity contribution in [2.75, 3.05) is 20.3 Å². The minimum atomic E-state index is -0.740. The zero-order valence-corrected chi connectivity index (χ0v) is 12.3. The van der Waals surface area contributed by atoms with Gasteiger partial charge in [0.15, 0.2) is 6.61 Å². The van der Waals surface area contributed by atoms with E-state index in [-0.39, 0.29) is 23.6 Å². The summed E-state index contributed by atoms with van der Waals surface area (Å²) in [6.07, 6.45) is 0. The molecule has 1 rings (SSSR count). The van der Waals surface area contributed by atoms with Crippen molar-refractivity contribution in [3.05, 3.63) is 35.4 Å². The van der Waals surface area contributed by atoms with Gasteiger partial charge < -0.3 is 14.8 Å². The van der Waals surface area contributed by atoms with E-state index in [0.29, 0.717) is 12.5 Å². The first-order valence-corrected chi connectivity index (χ1v) is 6.56. The minimum absolute atomic E-state index is 0.0704. The van der Waals surface area contributed by atoms with Gasteiger partial charge in [-0.1, -0.05) is 26.0 Å². The summed E-state index contributed by atoms with van der Waals surface area (Å²) in [5, 5.41) is 2.63. The van der Waals surface area contributed by atoms with Crippen LogP contribution < -0.4 is 5.32 Å². The molecule has 0 atom stereocenters. The fourth-order valence-electron chi connectivity index (χ4n) is 1.53. The van der Waals surface area contributed by atoms with Crippen LogP contribution in [0, 0.1) is 5.92 Å². The van der Waals surface area contributed by atoms with E-state index in [1.54, 1.807) is 12.1 Å². The molecule has 1 aromatic carbocycles. The molecule has 0 aliphatic rings. The number of nitrogens with one attached hydrogen (secondary N) is 1. The maximum absolute atomic E-state index is 11.9. The number of esters is 2. The SMILES string of the molecule is COC(=O)c1ccccc1C(=O)OCC(=O)NCC(C)C. The summed E-state index contributed by atoms with van der Waals surface area (Å²) in [6, 6.07) is 6.11. The number of benzene rings is 1. The Labute approximate surface area is 123 Å². The van der Waals surface area contributed by atoms with Gasteiger partial charge in [0.2, 0.25) is 0 Å². The van der Waals surface area contributed by atoms with Crippen LogP contribution in [0.4, 0.5) is 0 Å². The Morgan fingerprint density at radius 2 is 1.67 bits per heavy atom. The lowest BCUT2D eigenvalue weighted by molar-refractivity contribution is -0.124. The van der Waals surface area contributed by atoms with Crippen molar-refractivity contribution in [1.82, 2.24) is 5.32 Å². The second kappa shape index (κ2) is 8.04. The molecule has 0 unspecified atom stereocenters. The smallest absolute Gasteiger partial charge is 0.339 e. The van der Waals surface area contributed by atoms with Crippen molar-refractivity contribution in [1.29, 1.82) is 0 Å². The summed E-state index contributed by atoms with van der Waals surface area (Å²) in [7, 11) is 1.23. The Bertz CT molecular complexity index is 525. The molecule has 1 aromatic rings. The predicted octanol–water partition coefficient (Wildman–Crippen LogP) is 1.40. The van der Waals surface area contributed by atoms with E-state index in [1.165, 1.54) is 19.2 Å². The summed E-state index contributed by atoms with van der Waals surface area (Å²) >= 11 is 0. The number of hydrogen-bond acceptors (Lipinski definition) is 5. The van der Waals surface area contributed by atoms with E-state index in [0.717, 1.165) is 0 Å². The first-order chi connectivity index (χ1) is 9.95. The van der Waals surface area contributed by atoms with Crippen LogP contribution in [0.1, 0.15) is 34.6 Å². The first kappa shape index (κ1) is 16.7. The third-order valence-corrected chi connectivity index (χ3v) is 2.59. The maximum atomic E-state index is 11.9. The van der Waals surface area contributed by atoms with Crippen LogP contribution in [0.15, 0.2) is 24.3 Å². The fraction of sp³-hybridized carbons (Fsp3) is 0.400. The molecule has 0 saturated heterocycles. The molecule has 0 aliphatic heterocycles. The Kier molecular flexibility index (Phi) is 6.39. The molecule has 0 aliphatic carbocycles. The van der Waals surface area contributed by atoms with Crippen molar-refractivity contribution < 1.29 is 23.9 Å². The first-order valence-electron chi connectivity index (χ1n) is 6.56. The lowest BCUT2D eigenvalue weighted by Gasteiger charge is -2.09. The van der Waals surface area contributed by atoms with Crippen molar-refractivity contribution in [2.24, 2.45) is 5.92 Å². The van der Waals surface area contributed by atoms with Gasteiger partial charge in [-0.25, -0.2) is 9.59 Å². The topological polar surface area (TPSA) is 81.7 Å². The van der Waals surface area contributed by atoms with Crippen LogP contribution in [0.2, 0.25) is 0 Å². The molecule has 1 N–H and O–H groups in total. The summed E-state index contributed by atoms with van der Waals surface area (Å²) < 4.78 is 9.49. The van der Waals surface area contributed by atoms with Gasteiger partial charge in [0.05, 0.1) is 18.2 Å². The van der Waals surface area contributed by atoms with Gasteiger partial charge in [0.1, 0.15) is 0 Å². The maximum Gasteiger partial charge on any atom is 0.339 e. The highest BCUT2D eigenvalue weighted by atomic mass is 16.5. The highest BCUT2D eigenvalue weighted by Crippen LogP contribution is 2.11. The highest BCUT2D eigenvalue weighted by Gasteiger charge is 2.18. The van der Waals surface area contributed by atoms with Crippen molar-refractivity contribution in [2.45, 2.75) is 13.8 Å². The van der Waals surface area contributed by atoms with E-state index in [9.17, 15) is 14.4 Å². The van der Waals surface area contributed by atoms with Gasteiger partial charge in [-0.3, -0.25) is 4.79 Å². The predicted molar refractivity (Wildman–Crippen MR) is 75.9 cm³/mol. The fourth-order valence-corrected chi connectivity index (χ4v) is 1.53. The number of carbonyl (C=O) groups is 3. The van der Waals surface area contributed by atoms with E-state index in [1.807, 2.05) is 13.8 Å². The molecule has 114 valence electrons. The summed E-state index contributed by atoms with van der Waals surface area (Å²) in [4.78, 5) is 34.9. The van der Waals surface area contributed by atoms with Crippen molar-refractivity contribution in [3.8, 4) is 0 Å². The van der Waals surface area contributed by atoms with Crippen LogP contribution in [-0.4, -0.2) is 38.1 Å². The quantitative estimate of drug-likeness (QED) is 0.802. The Hall–Kier alpha value is -2.37. The standard InChI is InChI=1S/C15H19NO5/c1-10(2)8-16-13(17)9-21-15(19)12-7-5-4-6-11(12)14(18)20-3/h4-7,10H,8-9H2,1-3H3,(H,16,17). The molecule has 6 nitrogen and oxygen atoms in total. The van der Waals surface area contributed by atoms with E-state index >= 15 is 0 Å². The molecule has 0 radical (unpaired) electrons. The largest absolute Gasteiger partial charge is 0.465 e. The van der Waals surface area contributed by atoms with Crippen molar-refractivity contribution >= 4 is 17.8 Å². The molecule has 1 amide bonds. The third kappa shape index (κ3) is 5.25. The molecular formula is C15H19NO5. The molecular weight excluding hydrogens is 274 g/mol. The average Bonchev–Trinajstić information content (AvgIpc) is 2.49. The molecule has 0 saturated carbocycles. The number of ether oxygens (including phenoxy) is 2. The van der Waals surface area contributed by atoms with Crippen LogP contribution in [-0.2, 0) is 14.3 Å². The molecule has 21 heavy (non-hydrogen) atoms. The van der Waals surface area contributed by atoms with E-state index in [2.05, 4.69) is 10.1 Å². The average molecular weight is 293 g/mol. The molecule has 0 spiro atoms. The van der Waals surface area contributed by atoms with Gasteiger partial charge >= 0.3 is 11.9 Å². The number of amides is 1. The van der Waals surface area contributed by atoms with E-state index < -0.39 is 11.9 Å². The highest BCUT2D eigenvalue weighted by molar-refractivity contribution is 6.03. The van der Waals surface area contributed by atoms with Gasteiger partial charge in [0.25, 0.3) is 5.91 Å². The summed E-state index contributed by atoms with van der Waals surface area (Å²) in [5.74, 6) is -1.44. The van der Waals surface area contributed by atoms with Crippen LogP contribution >= 0.6 is 0 Å². The number of carbonyl (C=O) groups excluding carboxylic acids is 3. The van der Waals surface area contributed by atoms with Crippen LogP contribution in [0.5, 0.6) is 0 Å². The normalized spacial score (nSPS) is 10.1. The summed E-state index contributed by atoms with van der Waals surface area (Å²) in [6.45, 7) is 4.04.